The molecular formula is C16H26FN3. The van der Waals surface area contributed by atoms with E-state index in [0.29, 0.717) is 23.9 Å². The standard InChI is InChI=1S/C16H26FN3/c1-11(2)8-20(9-12(3)4)10-13-5-6-14(17)7-15(13)16(18)19/h5-7,11-12H,8-10H2,1-4H3,(H3,18,19). The average Bonchev–Trinajstić information content (AvgIpc) is 2.29. The summed E-state index contributed by atoms with van der Waals surface area (Å²) in [5, 5.41) is 7.59. The van der Waals surface area contributed by atoms with Crippen LogP contribution >= 0.6 is 0 Å². The Balaban J connectivity index is 2.94. The third-order valence-corrected chi connectivity index (χ3v) is 3.00. The number of nitrogens with zero attached hydrogens (tertiary/aromatic N) is 1. The molecular weight excluding hydrogens is 253 g/mol. The van der Waals surface area contributed by atoms with Gasteiger partial charge >= 0.3 is 0 Å². The highest BCUT2D eigenvalue weighted by molar-refractivity contribution is 5.96. The molecule has 0 radical (unpaired) electrons. The predicted molar refractivity (Wildman–Crippen MR) is 82.4 cm³/mol. The van der Waals surface area contributed by atoms with Crippen LogP contribution in [0.2, 0.25) is 0 Å². The van der Waals surface area contributed by atoms with E-state index >= 15 is 0 Å². The Kier molecular flexibility index (Phi) is 6.14. The van der Waals surface area contributed by atoms with Crippen molar-refractivity contribution in [3.63, 3.8) is 0 Å². The van der Waals surface area contributed by atoms with Crippen molar-refractivity contribution in [3.8, 4) is 0 Å². The largest absolute Gasteiger partial charge is 0.384 e. The Hall–Kier alpha value is -1.42. The molecule has 0 saturated carbocycles. The number of amidine groups is 1. The zero-order valence-corrected chi connectivity index (χ0v) is 12.9. The third kappa shape index (κ3) is 5.29. The molecule has 0 aliphatic carbocycles. The van der Waals surface area contributed by atoms with Gasteiger partial charge in [-0.3, -0.25) is 10.3 Å². The fourth-order valence-corrected chi connectivity index (χ4v) is 2.41. The second kappa shape index (κ2) is 7.39. The van der Waals surface area contributed by atoms with Crippen LogP contribution in [0.4, 0.5) is 4.39 Å². The van der Waals surface area contributed by atoms with Gasteiger partial charge in [0.25, 0.3) is 0 Å². The first kappa shape index (κ1) is 16.6. The van der Waals surface area contributed by atoms with E-state index in [2.05, 4.69) is 32.6 Å². The minimum Gasteiger partial charge on any atom is -0.384 e. The van der Waals surface area contributed by atoms with Crippen molar-refractivity contribution in [1.29, 1.82) is 5.41 Å². The highest BCUT2D eigenvalue weighted by Gasteiger charge is 2.14. The number of rotatable bonds is 7. The van der Waals surface area contributed by atoms with Gasteiger partial charge in [-0.2, -0.15) is 0 Å². The van der Waals surface area contributed by atoms with Gasteiger partial charge in [0, 0.05) is 25.2 Å². The van der Waals surface area contributed by atoms with E-state index in [1.165, 1.54) is 12.1 Å². The van der Waals surface area contributed by atoms with Crippen LogP contribution in [0.3, 0.4) is 0 Å². The molecule has 0 unspecified atom stereocenters. The van der Waals surface area contributed by atoms with Crippen LogP contribution in [-0.2, 0) is 6.54 Å². The summed E-state index contributed by atoms with van der Waals surface area (Å²) in [5.41, 5.74) is 6.98. The first-order chi connectivity index (χ1) is 9.29. The Labute approximate surface area is 121 Å². The summed E-state index contributed by atoms with van der Waals surface area (Å²) < 4.78 is 13.3. The fraction of sp³-hybridized carbons (Fsp3) is 0.562. The minimum absolute atomic E-state index is 0.0754. The zero-order chi connectivity index (χ0) is 15.3. The molecule has 0 bridgehead atoms. The lowest BCUT2D eigenvalue weighted by Gasteiger charge is -2.27. The van der Waals surface area contributed by atoms with Gasteiger partial charge in [0.15, 0.2) is 0 Å². The average molecular weight is 279 g/mol. The number of hydrogen-bond acceptors (Lipinski definition) is 2. The first-order valence-electron chi connectivity index (χ1n) is 7.14. The van der Waals surface area contributed by atoms with Crippen molar-refractivity contribution in [3.05, 3.63) is 35.1 Å². The summed E-state index contributed by atoms with van der Waals surface area (Å²) in [6.45, 7) is 11.4. The van der Waals surface area contributed by atoms with Gasteiger partial charge < -0.3 is 5.73 Å². The van der Waals surface area contributed by atoms with Gasteiger partial charge in [-0.25, -0.2) is 4.39 Å². The molecule has 4 heteroatoms. The van der Waals surface area contributed by atoms with Crippen LogP contribution in [-0.4, -0.2) is 23.8 Å². The first-order valence-corrected chi connectivity index (χ1v) is 7.14. The van der Waals surface area contributed by atoms with E-state index in [-0.39, 0.29) is 11.7 Å². The second-order valence-corrected chi connectivity index (χ2v) is 6.20. The van der Waals surface area contributed by atoms with Crippen LogP contribution in [0.5, 0.6) is 0 Å². The van der Waals surface area contributed by atoms with Crippen molar-refractivity contribution >= 4 is 5.84 Å². The molecule has 0 saturated heterocycles. The number of nitrogen functional groups attached to an aromatic ring is 1. The molecule has 0 atom stereocenters. The van der Waals surface area contributed by atoms with Gasteiger partial charge in [0.1, 0.15) is 11.7 Å². The number of nitrogens with one attached hydrogen (secondary N) is 1. The van der Waals surface area contributed by atoms with Crippen LogP contribution in [0.25, 0.3) is 0 Å². The summed E-state index contributed by atoms with van der Waals surface area (Å²) in [5.74, 6) is 0.705. The molecule has 1 aromatic carbocycles. The van der Waals surface area contributed by atoms with Crippen LogP contribution in [0, 0.1) is 23.1 Å². The molecule has 1 rings (SSSR count). The van der Waals surface area contributed by atoms with Crippen LogP contribution < -0.4 is 5.73 Å². The molecule has 0 aliphatic heterocycles. The van der Waals surface area contributed by atoms with Gasteiger partial charge in [-0.1, -0.05) is 33.8 Å². The molecule has 20 heavy (non-hydrogen) atoms. The normalized spacial score (nSPS) is 11.6. The van der Waals surface area contributed by atoms with Gasteiger partial charge in [-0.05, 0) is 29.5 Å². The van der Waals surface area contributed by atoms with E-state index in [0.717, 1.165) is 18.7 Å². The molecule has 0 spiro atoms. The molecule has 0 aliphatic rings. The minimum atomic E-state index is -0.349. The lowest BCUT2D eigenvalue weighted by atomic mass is 10.0. The fourth-order valence-electron chi connectivity index (χ4n) is 2.41. The maximum absolute atomic E-state index is 13.3. The van der Waals surface area contributed by atoms with E-state index in [1.54, 1.807) is 6.07 Å². The summed E-state index contributed by atoms with van der Waals surface area (Å²) >= 11 is 0. The van der Waals surface area contributed by atoms with Crippen molar-refractivity contribution in [2.24, 2.45) is 17.6 Å². The SMILES string of the molecule is CC(C)CN(Cc1ccc(F)cc1C(=N)N)CC(C)C. The smallest absolute Gasteiger partial charge is 0.123 e. The Morgan fingerprint density at radius 1 is 1.20 bits per heavy atom. The van der Waals surface area contributed by atoms with E-state index in [4.69, 9.17) is 11.1 Å². The monoisotopic (exact) mass is 279 g/mol. The second-order valence-electron chi connectivity index (χ2n) is 6.20. The molecule has 0 amide bonds. The molecule has 0 aromatic heterocycles. The summed E-state index contributed by atoms with van der Waals surface area (Å²) in [6, 6.07) is 4.52. The third-order valence-electron chi connectivity index (χ3n) is 3.00. The van der Waals surface area contributed by atoms with Crippen molar-refractivity contribution in [1.82, 2.24) is 4.90 Å². The van der Waals surface area contributed by atoms with E-state index in [9.17, 15) is 4.39 Å². The lowest BCUT2D eigenvalue weighted by molar-refractivity contribution is 0.211. The van der Waals surface area contributed by atoms with E-state index in [1.807, 2.05) is 0 Å². The predicted octanol–water partition coefficient (Wildman–Crippen LogP) is 3.22. The van der Waals surface area contributed by atoms with Crippen LogP contribution in [0.1, 0.15) is 38.8 Å². The molecule has 0 fully saturated rings. The van der Waals surface area contributed by atoms with Gasteiger partial charge in [-0.15, -0.1) is 0 Å². The molecule has 112 valence electrons. The number of halogens is 1. The molecule has 1 aromatic rings. The Morgan fingerprint density at radius 2 is 1.75 bits per heavy atom. The van der Waals surface area contributed by atoms with Crippen LogP contribution in [0.15, 0.2) is 18.2 Å². The number of nitrogens with two attached hydrogens (primary N) is 1. The van der Waals surface area contributed by atoms with Gasteiger partial charge in [0.05, 0.1) is 0 Å². The number of benzene rings is 1. The van der Waals surface area contributed by atoms with Crippen molar-refractivity contribution < 1.29 is 4.39 Å². The number of hydrogen-bond donors (Lipinski definition) is 2. The topological polar surface area (TPSA) is 53.1 Å². The maximum atomic E-state index is 13.3. The zero-order valence-electron chi connectivity index (χ0n) is 12.9. The maximum Gasteiger partial charge on any atom is 0.123 e. The molecule has 3 nitrogen and oxygen atoms in total. The summed E-state index contributed by atoms with van der Waals surface area (Å²) in [6.07, 6.45) is 0. The summed E-state index contributed by atoms with van der Waals surface area (Å²) in [7, 11) is 0. The van der Waals surface area contributed by atoms with Crippen molar-refractivity contribution in [2.45, 2.75) is 34.2 Å². The Bertz CT molecular complexity index is 445. The highest BCUT2D eigenvalue weighted by Crippen LogP contribution is 2.15. The molecule has 3 N–H and O–H groups in total. The van der Waals surface area contributed by atoms with Gasteiger partial charge in [0.2, 0.25) is 0 Å². The molecule has 0 heterocycles. The quantitative estimate of drug-likeness (QED) is 0.595. The lowest BCUT2D eigenvalue weighted by Crippen LogP contribution is -2.32. The highest BCUT2D eigenvalue weighted by atomic mass is 19.1. The van der Waals surface area contributed by atoms with E-state index < -0.39 is 0 Å². The van der Waals surface area contributed by atoms with Crippen molar-refractivity contribution in [2.75, 3.05) is 13.1 Å². The summed E-state index contributed by atoms with van der Waals surface area (Å²) in [4.78, 5) is 2.34. The Morgan fingerprint density at radius 3 is 2.20 bits per heavy atom.